The molecule has 0 bridgehead atoms. The average molecular weight is 296 g/mol. The molecule has 1 aromatic rings. The number of alkyl halides is 1. The van der Waals surface area contributed by atoms with Crippen LogP contribution in [0.2, 0.25) is 0 Å². The van der Waals surface area contributed by atoms with Crippen LogP contribution in [-0.2, 0) is 23.3 Å². The second-order valence-electron chi connectivity index (χ2n) is 3.70. The fourth-order valence-electron chi connectivity index (χ4n) is 1.66. The third kappa shape index (κ3) is 2.81. The molecule has 0 fully saturated rings. The predicted molar refractivity (Wildman–Crippen MR) is 66.6 cm³/mol. The number of hydrogen-bond acceptors (Lipinski definition) is 5. The van der Waals surface area contributed by atoms with Crippen LogP contribution in [-0.4, -0.2) is 34.8 Å². The fourth-order valence-corrected chi connectivity index (χ4v) is 3.60. The van der Waals surface area contributed by atoms with Crippen molar-refractivity contribution in [2.45, 2.75) is 24.8 Å². The van der Waals surface area contributed by atoms with Gasteiger partial charge in [-0.1, -0.05) is 6.92 Å². The smallest absolute Gasteiger partial charge is 0.258 e. The topological polar surface area (TPSA) is 95.1 Å². The van der Waals surface area contributed by atoms with E-state index in [2.05, 4.69) is 5.10 Å². The predicted octanol–water partition coefficient (Wildman–Crippen LogP) is 1.29. The molecule has 0 aliphatic rings. The van der Waals surface area contributed by atoms with Crippen LogP contribution in [0, 0.1) is 10.1 Å². The van der Waals surface area contributed by atoms with Crippen LogP contribution < -0.4 is 0 Å². The van der Waals surface area contributed by atoms with Crippen LogP contribution in [0.15, 0.2) is 5.03 Å². The lowest BCUT2D eigenvalue weighted by Gasteiger charge is -2.02. The zero-order valence-electron chi connectivity index (χ0n) is 10.1. The molecule has 0 N–H and O–H groups in total. The van der Waals surface area contributed by atoms with Gasteiger partial charge in [0.2, 0.25) is 14.9 Å². The summed E-state index contributed by atoms with van der Waals surface area (Å²) in [6, 6.07) is 0. The third-order valence-electron chi connectivity index (χ3n) is 2.40. The molecular formula is C9H14ClN3O4S. The molecule has 0 aliphatic carbocycles. The summed E-state index contributed by atoms with van der Waals surface area (Å²) in [5, 5.41) is 14.5. The summed E-state index contributed by atoms with van der Waals surface area (Å²) in [7, 11) is -2.36. The van der Waals surface area contributed by atoms with Crippen molar-refractivity contribution in [3.63, 3.8) is 0 Å². The van der Waals surface area contributed by atoms with E-state index in [0.29, 0.717) is 6.42 Å². The summed E-state index contributed by atoms with van der Waals surface area (Å²) in [4.78, 5) is 10.3. The molecule has 0 atom stereocenters. The van der Waals surface area contributed by atoms with Crippen molar-refractivity contribution in [3.8, 4) is 0 Å². The Kier molecular flexibility index (Phi) is 4.69. The van der Waals surface area contributed by atoms with Gasteiger partial charge in [-0.2, -0.15) is 5.10 Å². The van der Waals surface area contributed by atoms with Crippen LogP contribution in [0.3, 0.4) is 0 Å². The van der Waals surface area contributed by atoms with E-state index in [4.69, 9.17) is 11.6 Å². The monoisotopic (exact) mass is 295 g/mol. The standard InChI is InChI=1S/C9H14ClN3O4S/c1-3-7-8(13(14)15)9(12(2)11-7)18(16,17)6-4-5-10/h3-6H2,1-2H3. The number of rotatable bonds is 6. The van der Waals surface area contributed by atoms with Crippen LogP contribution >= 0.6 is 11.6 Å². The van der Waals surface area contributed by atoms with E-state index >= 15 is 0 Å². The van der Waals surface area contributed by atoms with Gasteiger partial charge in [-0.25, -0.2) is 8.42 Å². The molecule has 0 aromatic carbocycles. The molecule has 1 aromatic heterocycles. The molecule has 1 heterocycles. The van der Waals surface area contributed by atoms with Crippen molar-refractivity contribution >= 4 is 27.1 Å². The third-order valence-corrected chi connectivity index (χ3v) is 4.54. The highest BCUT2D eigenvalue weighted by Gasteiger charge is 2.34. The maximum Gasteiger partial charge on any atom is 0.329 e. The van der Waals surface area contributed by atoms with Gasteiger partial charge in [0.15, 0.2) is 0 Å². The summed E-state index contributed by atoms with van der Waals surface area (Å²) in [6.07, 6.45) is 0.545. The van der Waals surface area contributed by atoms with E-state index in [0.717, 1.165) is 4.68 Å². The first-order chi connectivity index (χ1) is 8.35. The zero-order chi connectivity index (χ0) is 13.9. The molecule has 102 valence electrons. The van der Waals surface area contributed by atoms with E-state index in [1.807, 2.05) is 0 Å². The molecule has 1 rings (SSSR count). The van der Waals surface area contributed by atoms with Crippen molar-refractivity contribution in [2.75, 3.05) is 11.6 Å². The van der Waals surface area contributed by atoms with Crippen molar-refractivity contribution in [3.05, 3.63) is 15.8 Å². The number of halogens is 1. The summed E-state index contributed by atoms with van der Waals surface area (Å²) in [5.74, 6) is -0.0362. The molecule has 18 heavy (non-hydrogen) atoms. The highest BCUT2D eigenvalue weighted by molar-refractivity contribution is 7.91. The Bertz CT molecular complexity index is 552. The quantitative estimate of drug-likeness (QED) is 0.448. The number of sulfone groups is 1. The second-order valence-corrected chi connectivity index (χ2v) is 6.10. The Labute approximate surface area is 110 Å². The Balaban J connectivity index is 3.40. The van der Waals surface area contributed by atoms with Gasteiger partial charge in [-0.15, -0.1) is 11.6 Å². The lowest BCUT2D eigenvalue weighted by atomic mass is 10.3. The van der Waals surface area contributed by atoms with Gasteiger partial charge in [0, 0.05) is 12.9 Å². The van der Waals surface area contributed by atoms with Gasteiger partial charge in [0.05, 0.1) is 10.7 Å². The average Bonchev–Trinajstić information content (AvgIpc) is 2.64. The first-order valence-corrected chi connectivity index (χ1v) is 7.52. The van der Waals surface area contributed by atoms with Gasteiger partial charge in [0.1, 0.15) is 5.69 Å². The Morgan fingerprint density at radius 1 is 1.50 bits per heavy atom. The number of aryl methyl sites for hydroxylation is 2. The molecule has 0 radical (unpaired) electrons. The lowest BCUT2D eigenvalue weighted by Crippen LogP contribution is -2.13. The van der Waals surface area contributed by atoms with E-state index in [-0.39, 0.29) is 28.8 Å². The minimum absolute atomic E-state index is 0.173. The highest BCUT2D eigenvalue weighted by atomic mass is 35.5. The van der Waals surface area contributed by atoms with Crippen LogP contribution in [0.5, 0.6) is 0 Å². The normalized spacial score (nSPS) is 11.7. The Morgan fingerprint density at radius 3 is 2.56 bits per heavy atom. The maximum absolute atomic E-state index is 12.0. The zero-order valence-corrected chi connectivity index (χ0v) is 11.7. The number of nitro groups is 1. The highest BCUT2D eigenvalue weighted by Crippen LogP contribution is 2.28. The fraction of sp³-hybridized carbons (Fsp3) is 0.667. The van der Waals surface area contributed by atoms with Gasteiger partial charge in [-0.05, 0) is 12.8 Å². The number of nitrogens with zero attached hydrogens (tertiary/aromatic N) is 3. The molecule has 0 saturated carbocycles. The Morgan fingerprint density at radius 2 is 2.11 bits per heavy atom. The second kappa shape index (κ2) is 5.66. The van der Waals surface area contributed by atoms with Gasteiger partial charge in [-0.3, -0.25) is 14.8 Å². The minimum Gasteiger partial charge on any atom is -0.258 e. The van der Waals surface area contributed by atoms with Crippen molar-refractivity contribution in [1.29, 1.82) is 0 Å². The summed E-state index contributed by atoms with van der Waals surface area (Å²) in [6.45, 7) is 1.69. The molecule has 0 amide bonds. The summed E-state index contributed by atoms with van der Waals surface area (Å²) in [5.41, 5.74) is -0.249. The van der Waals surface area contributed by atoms with Gasteiger partial charge >= 0.3 is 5.69 Å². The van der Waals surface area contributed by atoms with Crippen LogP contribution in [0.1, 0.15) is 19.0 Å². The van der Waals surface area contributed by atoms with Crippen molar-refractivity contribution in [2.24, 2.45) is 7.05 Å². The van der Waals surface area contributed by atoms with Gasteiger partial charge < -0.3 is 0 Å². The van der Waals surface area contributed by atoms with E-state index in [9.17, 15) is 18.5 Å². The molecule has 9 heteroatoms. The lowest BCUT2D eigenvalue weighted by molar-refractivity contribution is -0.388. The first kappa shape index (κ1) is 14.9. The maximum atomic E-state index is 12.0. The summed E-state index contributed by atoms with van der Waals surface area (Å²) >= 11 is 5.45. The first-order valence-electron chi connectivity index (χ1n) is 5.34. The largest absolute Gasteiger partial charge is 0.329 e. The summed E-state index contributed by atoms with van der Waals surface area (Å²) < 4.78 is 25.1. The molecule has 0 spiro atoms. The molecular weight excluding hydrogens is 282 g/mol. The van der Waals surface area contributed by atoms with Crippen LogP contribution in [0.4, 0.5) is 5.69 Å². The van der Waals surface area contributed by atoms with Crippen molar-refractivity contribution < 1.29 is 13.3 Å². The molecule has 0 aliphatic heterocycles. The minimum atomic E-state index is -3.74. The number of aromatic nitrogens is 2. The number of hydrogen-bond donors (Lipinski definition) is 0. The van der Waals surface area contributed by atoms with E-state index < -0.39 is 20.4 Å². The molecule has 7 nitrogen and oxygen atoms in total. The molecule has 0 unspecified atom stereocenters. The SMILES string of the molecule is CCc1nn(C)c(S(=O)(=O)CCCCl)c1[N+](=O)[O-]. The van der Waals surface area contributed by atoms with Crippen molar-refractivity contribution in [1.82, 2.24) is 9.78 Å². The van der Waals surface area contributed by atoms with Gasteiger partial charge in [0.25, 0.3) is 0 Å². The Hall–Kier alpha value is -1.15. The van der Waals surface area contributed by atoms with E-state index in [1.54, 1.807) is 6.92 Å². The molecule has 0 saturated heterocycles. The van der Waals surface area contributed by atoms with Crippen LogP contribution in [0.25, 0.3) is 0 Å². The van der Waals surface area contributed by atoms with E-state index in [1.165, 1.54) is 7.05 Å².